The van der Waals surface area contributed by atoms with E-state index >= 15 is 0 Å². The molecule has 9 heteroatoms. The molecule has 0 saturated carbocycles. The van der Waals surface area contributed by atoms with E-state index in [0.717, 1.165) is 90.6 Å². The maximum Gasteiger partial charge on any atom is 0.183 e. The predicted molar refractivity (Wildman–Crippen MR) is 200 cm³/mol. The second-order valence-corrected chi connectivity index (χ2v) is 14.4. The predicted octanol–water partition coefficient (Wildman–Crippen LogP) is 6.06. The minimum Gasteiger partial charge on any atom is -0.504 e. The Morgan fingerprint density at radius 1 is 1.10 bits per heavy atom. The number of carbonyl (C=O) groups is 1. The Morgan fingerprint density at radius 3 is 2.69 bits per heavy atom. The maximum absolute atomic E-state index is 13.5. The first-order valence-corrected chi connectivity index (χ1v) is 19.0. The number of ether oxygens (including phenoxy) is 1. The van der Waals surface area contributed by atoms with Crippen molar-refractivity contribution in [1.82, 2.24) is 10.2 Å². The summed E-state index contributed by atoms with van der Waals surface area (Å²) in [4.78, 5) is 20.3. The second-order valence-electron chi connectivity index (χ2n) is 14.4. The Labute approximate surface area is 302 Å². The highest BCUT2D eigenvalue weighted by molar-refractivity contribution is 5.88. The number of fused-ring (bicyclic) bond motifs is 4. The molecule has 0 aliphatic carbocycles. The lowest BCUT2D eigenvalue weighted by atomic mass is 9.85. The lowest BCUT2D eigenvalue weighted by Crippen LogP contribution is -2.36. The van der Waals surface area contributed by atoms with Crippen LogP contribution in [0.25, 0.3) is 0 Å². The van der Waals surface area contributed by atoms with Crippen molar-refractivity contribution < 1.29 is 24.9 Å². The molecule has 2 aromatic rings. The third-order valence-electron chi connectivity index (χ3n) is 10.9. The average molecular weight is 695 g/mol. The molecular formula is C42H54N4O5. The van der Waals surface area contributed by atoms with Gasteiger partial charge in [-0.15, -0.1) is 0 Å². The largest absolute Gasteiger partial charge is 0.504 e. The number of aromatic hydroxyl groups is 1. The summed E-state index contributed by atoms with van der Waals surface area (Å²) in [5, 5.41) is 36.5. The second kappa shape index (κ2) is 17.1. The summed E-state index contributed by atoms with van der Waals surface area (Å²) < 4.78 is 6.50. The van der Waals surface area contributed by atoms with E-state index in [0.29, 0.717) is 44.4 Å². The van der Waals surface area contributed by atoms with Crippen LogP contribution in [0, 0.1) is 17.8 Å². The molecule has 0 radical (unpaired) electrons. The number of hydrogen-bond acceptors (Lipinski definition) is 9. The molecule has 4 heterocycles. The normalized spacial score (nSPS) is 21.9. The number of aliphatic hydroxyl groups excluding tert-OH is 2. The van der Waals surface area contributed by atoms with Crippen LogP contribution in [-0.4, -0.2) is 57.6 Å². The first kappa shape index (κ1) is 36.8. The Balaban J connectivity index is 1.20. The standard InChI is InChI=1S/C42H54N4O5/c1-3-5-7-10-32(37(48)11-8-6-4-2)38(49)18-14-27-15-19-39(50)40(22-27)51-41-13-9-12-36(47)30-16-17-31-29(20-21-44-42(31)43)33(30)23-28-24-45-35-26-46(41)25-34(28)35/h15-17,19,22,24,26,32,36-37,41-42,44,47-48,50H,3-8,10-11,13-14,18,20-21,23,25,43H2,1-2H3/t32-,36+,37-,41+,42-/m1/s1. The van der Waals surface area contributed by atoms with Crippen molar-refractivity contribution in [3.05, 3.63) is 81.2 Å². The van der Waals surface area contributed by atoms with Crippen LogP contribution < -0.4 is 15.8 Å². The van der Waals surface area contributed by atoms with Crippen LogP contribution in [0.5, 0.6) is 11.5 Å². The van der Waals surface area contributed by atoms with E-state index in [1.165, 1.54) is 5.56 Å². The highest BCUT2D eigenvalue weighted by Gasteiger charge is 2.32. The van der Waals surface area contributed by atoms with Gasteiger partial charge in [-0.1, -0.05) is 82.4 Å². The summed E-state index contributed by atoms with van der Waals surface area (Å²) >= 11 is 0. The molecule has 6 rings (SSSR count). The first-order chi connectivity index (χ1) is 24.8. The van der Waals surface area contributed by atoms with Gasteiger partial charge in [0.2, 0.25) is 0 Å². The summed E-state index contributed by atoms with van der Waals surface area (Å²) in [5.74, 6) is 6.32. The fourth-order valence-electron chi connectivity index (χ4n) is 7.86. The van der Waals surface area contributed by atoms with Crippen molar-refractivity contribution in [1.29, 1.82) is 0 Å². The van der Waals surface area contributed by atoms with Gasteiger partial charge in [-0.2, -0.15) is 0 Å². The van der Waals surface area contributed by atoms with E-state index in [2.05, 4.69) is 35.9 Å². The molecule has 0 amide bonds. The zero-order valence-corrected chi connectivity index (χ0v) is 30.2. The molecule has 51 heavy (non-hydrogen) atoms. The molecule has 0 saturated heterocycles. The van der Waals surface area contributed by atoms with Gasteiger partial charge in [0.05, 0.1) is 24.4 Å². The van der Waals surface area contributed by atoms with Crippen LogP contribution in [0.1, 0.15) is 118 Å². The minimum atomic E-state index is -0.981. The number of rotatable bonds is 15. The number of phenolic OH excluding ortho intramolecular Hbond substituents is 1. The van der Waals surface area contributed by atoms with Crippen LogP contribution in [0.4, 0.5) is 0 Å². The molecule has 0 aromatic heterocycles. The molecule has 9 nitrogen and oxygen atoms in total. The number of ketones is 1. The Bertz CT molecular complexity index is 1740. The summed E-state index contributed by atoms with van der Waals surface area (Å²) in [6.07, 6.45) is 11.6. The van der Waals surface area contributed by atoms with Crippen molar-refractivity contribution in [3.63, 3.8) is 0 Å². The van der Waals surface area contributed by atoms with E-state index in [9.17, 15) is 20.1 Å². The van der Waals surface area contributed by atoms with Crippen LogP contribution in [0.3, 0.4) is 0 Å². The topological polar surface area (TPSA) is 141 Å². The molecule has 0 fully saturated rings. The Hall–Kier alpha value is -3.94. The van der Waals surface area contributed by atoms with Crippen LogP contribution in [0.2, 0.25) is 0 Å². The number of phenols is 1. The fraction of sp³-hybridized carbons (Fsp3) is 0.524. The van der Waals surface area contributed by atoms with Crippen LogP contribution >= 0.6 is 0 Å². The highest BCUT2D eigenvalue weighted by atomic mass is 16.5. The van der Waals surface area contributed by atoms with E-state index in [1.807, 2.05) is 30.6 Å². The zero-order valence-electron chi connectivity index (χ0n) is 30.2. The minimum absolute atomic E-state index is 0.00402. The lowest BCUT2D eigenvalue weighted by Gasteiger charge is -2.29. The number of carbonyl (C=O) groups excluding carboxylic acids is 1. The van der Waals surface area contributed by atoms with Crippen molar-refractivity contribution in [2.75, 3.05) is 13.1 Å². The number of allylic oxidation sites excluding steroid dienone is 1. The third-order valence-corrected chi connectivity index (χ3v) is 10.9. The van der Waals surface area contributed by atoms with Gasteiger partial charge in [0.15, 0.2) is 17.7 Å². The molecule has 0 unspecified atom stereocenters. The number of aliphatic hydroxyl groups is 2. The Kier molecular flexibility index (Phi) is 12.3. The number of nitrogens with one attached hydrogen (secondary N) is 1. The Morgan fingerprint density at radius 2 is 1.88 bits per heavy atom. The number of nitrogens with two attached hydrogens (primary N) is 1. The van der Waals surface area contributed by atoms with Crippen molar-refractivity contribution >= 4 is 12.0 Å². The highest BCUT2D eigenvalue weighted by Crippen LogP contribution is 2.38. The van der Waals surface area contributed by atoms with Crippen molar-refractivity contribution in [2.45, 2.75) is 122 Å². The summed E-state index contributed by atoms with van der Waals surface area (Å²) in [5.41, 5.74) is 14.5. The van der Waals surface area contributed by atoms with E-state index in [4.69, 9.17) is 15.5 Å². The van der Waals surface area contributed by atoms with Crippen molar-refractivity contribution in [2.24, 2.45) is 16.6 Å². The maximum atomic E-state index is 13.5. The van der Waals surface area contributed by atoms with Crippen LogP contribution in [-0.2, 0) is 24.1 Å². The number of aliphatic imine (C=N–C) groups is 1. The molecule has 5 atom stereocenters. The van der Waals surface area contributed by atoms with Gasteiger partial charge in [-0.3, -0.25) is 15.1 Å². The molecule has 0 spiro atoms. The zero-order chi connectivity index (χ0) is 35.9. The summed E-state index contributed by atoms with van der Waals surface area (Å²) in [6.45, 7) is 5.64. The molecule has 4 aliphatic rings. The van der Waals surface area contributed by atoms with E-state index in [-0.39, 0.29) is 30.0 Å². The smallest absolute Gasteiger partial charge is 0.183 e. The quantitative estimate of drug-likeness (QED) is 0.112. The van der Waals surface area contributed by atoms with Gasteiger partial charge >= 0.3 is 0 Å². The number of aryl methyl sites for hydroxylation is 1. The van der Waals surface area contributed by atoms with Gasteiger partial charge in [0.25, 0.3) is 0 Å². The van der Waals surface area contributed by atoms with Gasteiger partial charge in [0, 0.05) is 49.8 Å². The molecule has 6 N–H and O–H groups in total. The number of benzene rings is 2. The van der Waals surface area contributed by atoms with Crippen molar-refractivity contribution in [3.8, 4) is 23.3 Å². The monoisotopic (exact) mass is 694 g/mol. The number of unbranched alkanes of at least 4 members (excludes halogenated alkanes) is 4. The van der Waals surface area contributed by atoms with Gasteiger partial charge in [0.1, 0.15) is 11.9 Å². The average Bonchev–Trinajstić information content (AvgIpc) is 3.71. The molecule has 4 aliphatic heterocycles. The van der Waals surface area contributed by atoms with Gasteiger partial charge in [-0.05, 0) is 71.2 Å². The van der Waals surface area contributed by atoms with E-state index < -0.39 is 18.4 Å². The molecule has 2 aromatic carbocycles. The fourth-order valence-corrected chi connectivity index (χ4v) is 7.86. The summed E-state index contributed by atoms with van der Waals surface area (Å²) in [7, 11) is 0. The van der Waals surface area contributed by atoms with Gasteiger partial charge in [-0.25, -0.2) is 0 Å². The third kappa shape index (κ3) is 8.58. The number of Topliss-reactive ketones (excluding diaryl/α,β-unsaturated/α-hetero) is 1. The molecular weight excluding hydrogens is 640 g/mol. The molecule has 272 valence electrons. The van der Waals surface area contributed by atoms with Gasteiger partial charge < -0.3 is 30.7 Å². The number of hydrogen-bond donors (Lipinski definition) is 5. The number of nitrogens with zero attached hydrogens (tertiary/aromatic N) is 2. The van der Waals surface area contributed by atoms with E-state index in [1.54, 1.807) is 12.1 Å². The SMILES string of the molecule is CCCCC[C@@H](O)[C@@H](CCCCC)C(=O)CCc1ccc(O)c(O[C@H]2CC#C[C@H](O)c3ccc4c(c3CC3=C5CN2C=C5N=C3)CCN[C@H]4N)c1. The summed E-state index contributed by atoms with van der Waals surface area (Å²) in [6, 6.07) is 9.19. The van der Waals surface area contributed by atoms with Crippen LogP contribution in [0.15, 0.2) is 58.4 Å². The molecule has 2 bridgehead atoms. The lowest BCUT2D eigenvalue weighted by molar-refractivity contribution is -0.126. The first-order valence-electron chi connectivity index (χ1n) is 19.0.